The number of allylic oxidation sites excluding steroid dienone is 3. The molecule has 0 amide bonds. The molecule has 1 unspecified atom stereocenters. The van der Waals surface area contributed by atoms with Gasteiger partial charge in [-0.15, -0.1) is 0 Å². The second-order valence-corrected chi connectivity index (χ2v) is 22.8. The predicted molar refractivity (Wildman–Crippen MR) is 284 cm³/mol. The van der Waals surface area contributed by atoms with Crippen LogP contribution in [0.5, 0.6) is 0 Å². The van der Waals surface area contributed by atoms with E-state index in [-0.39, 0.29) is 27.6 Å². The van der Waals surface area contributed by atoms with Crippen LogP contribution in [0.15, 0.2) is 158 Å². The maximum atomic E-state index is 4.18. The first-order chi connectivity index (χ1) is 31.3. The van der Waals surface area contributed by atoms with Crippen LogP contribution in [0.2, 0.25) is 0 Å². The Balaban J connectivity index is 1.18. The lowest BCUT2D eigenvalue weighted by Gasteiger charge is -2.24. The Morgan fingerprint density at radius 3 is 1.59 bits per heavy atom. The first-order valence-electron chi connectivity index (χ1n) is 24.0. The summed E-state index contributed by atoms with van der Waals surface area (Å²) in [5, 5.41) is 5.07. The molecule has 3 heteroatoms. The number of aromatic nitrogens is 2. The number of fused-ring (bicyclic) bond motifs is 10. The lowest BCUT2D eigenvalue weighted by molar-refractivity contribution is 0.589. The van der Waals surface area contributed by atoms with Crippen LogP contribution >= 0.6 is 0 Å². The molecular formula is C63H63N3. The normalized spacial score (nSPS) is 16.5. The molecule has 1 atom stereocenters. The van der Waals surface area contributed by atoms with E-state index >= 15 is 0 Å². The Morgan fingerprint density at radius 1 is 0.485 bits per heavy atom. The fourth-order valence-electron chi connectivity index (χ4n) is 11.3. The number of hydrogen-bond donors (Lipinski definition) is 0. The molecule has 1 aliphatic carbocycles. The van der Waals surface area contributed by atoms with Gasteiger partial charge in [-0.3, -0.25) is 0 Å². The van der Waals surface area contributed by atoms with Crippen molar-refractivity contribution in [3.05, 3.63) is 191 Å². The van der Waals surface area contributed by atoms with Gasteiger partial charge in [-0.25, -0.2) is 0 Å². The van der Waals surface area contributed by atoms with Gasteiger partial charge >= 0.3 is 0 Å². The smallest absolute Gasteiger partial charge is 0.0561 e. The Bertz CT molecular complexity index is 3470. The summed E-state index contributed by atoms with van der Waals surface area (Å²) in [6.45, 7) is 32.1. The second-order valence-electron chi connectivity index (χ2n) is 22.8. The average molecular weight is 862 g/mol. The molecule has 1 aliphatic heterocycles. The highest BCUT2D eigenvalue weighted by Crippen LogP contribution is 2.52. The van der Waals surface area contributed by atoms with E-state index in [4.69, 9.17) is 0 Å². The van der Waals surface area contributed by atoms with Gasteiger partial charge in [0.2, 0.25) is 0 Å². The third-order valence-electron chi connectivity index (χ3n) is 15.2. The van der Waals surface area contributed by atoms with Gasteiger partial charge in [0.15, 0.2) is 0 Å². The fourth-order valence-corrected chi connectivity index (χ4v) is 11.3. The quantitative estimate of drug-likeness (QED) is 0.172. The third kappa shape index (κ3) is 6.22. The lowest BCUT2D eigenvalue weighted by Crippen LogP contribution is -2.15. The van der Waals surface area contributed by atoms with Gasteiger partial charge in [-0.1, -0.05) is 162 Å². The summed E-state index contributed by atoms with van der Waals surface area (Å²) >= 11 is 0. The molecule has 0 radical (unpaired) electrons. The van der Waals surface area contributed by atoms with E-state index < -0.39 is 0 Å². The number of anilines is 2. The van der Waals surface area contributed by atoms with Gasteiger partial charge in [-0.05, 0) is 134 Å². The second kappa shape index (κ2) is 14.2. The summed E-state index contributed by atoms with van der Waals surface area (Å²) in [6, 6.07) is 51.8. The minimum absolute atomic E-state index is 0.0293. The zero-order valence-electron chi connectivity index (χ0n) is 41.0. The number of hydrogen-bond acceptors (Lipinski definition) is 1. The molecule has 11 rings (SSSR count). The van der Waals surface area contributed by atoms with Crippen molar-refractivity contribution in [1.82, 2.24) is 9.13 Å². The van der Waals surface area contributed by atoms with E-state index in [1.165, 1.54) is 105 Å². The molecule has 0 bridgehead atoms. The summed E-state index contributed by atoms with van der Waals surface area (Å²) in [5.41, 5.74) is 21.6. The molecule has 66 heavy (non-hydrogen) atoms. The molecule has 0 fully saturated rings. The van der Waals surface area contributed by atoms with Crippen LogP contribution in [-0.2, 0) is 21.7 Å². The largest absolute Gasteiger partial charge is 0.313 e. The Hall–Kier alpha value is -6.58. The molecule has 2 aromatic heterocycles. The minimum Gasteiger partial charge on any atom is -0.313 e. The molecule has 3 heterocycles. The minimum atomic E-state index is -0.135. The lowest BCUT2D eigenvalue weighted by atomic mass is 9.82. The summed E-state index contributed by atoms with van der Waals surface area (Å²) < 4.78 is 5.04. The topological polar surface area (TPSA) is 13.1 Å². The van der Waals surface area contributed by atoms with Crippen LogP contribution in [0.3, 0.4) is 0 Å². The van der Waals surface area contributed by atoms with Crippen molar-refractivity contribution < 1.29 is 0 Å². The molecule has 330 valence electrons. The molecule has 9 aromatic rings. The molecule has 0 spiro atoms. The standard InChI is InChI=1S/C63H63N3/c1-14-17-54-38(2)49-32-39(60(3,4)5)20-29-55(49)64(54)43-24-27-47-48-28-25-44(65-56-30-21-40(61(6,7)8)33-50(56)51-34-41(62(9,10)11)22-31-57(51)65)37-59(48)66(58(47)36-43)42-23-26-46-45-18-15-16-19-52(45)63(12,13)53(46)35-42/h14-38H,1H2,2-13H3/b54-17+. The van der Waals surface area contributed by atoms with Gasteiger partial charge in [-0.2, -0.15) is 0 Å². The highest BCUT2D eigenvalue weighted by atomic mass is 15.2. The van der Waals surface area contributed by atoms with Gasteiger partial charge in [0, 0.05) is 61.3 Å². The highest BCUT2D eigenvalue weighted by molar-refractivity contribution is 6.13. The van der Waals surface area contributed by atoms with Crippen LogP contribution in [0.25, 0.3) is 66.1 Å². The number of benzene rings is 7. The monoisotopic (exact) mass is 862 g/mol. The molecule has 0 N–H and O–H groups in total. The number of nitrogens with zero attached hydrogens (tertiary/aromatic N) is 3. The first-order valence-corrected chi connectivity index (χ1v) is 24.0. The molecule has 0 saturated carbocycles. The van der Waals surface area contributed by atoms with Crippen LogP contribution in [0.4, 0.5) is 11.4 Å². The van der Waals surface area contributed by atoms with Gasteiger partial charge in [0.1, 0.15) is 0 Å². The van der Waals surface area contributed by atoms with Crippen LogP contribution < -0.4 is 4.90 Å². The third-order valence-corrected chi connectivity index (χ3v) is 15.2. The van der Waals surface area contributed by atoms with E-state index in [0.29, 0.717) is 0 Å². The predicted octanol–water partition coefficient (Wildman–Crippen LogP) is 17.4. The van der Waals surface area contributed by atoms with E-state index in [2.05, 4.69) is 243 Å². The zero-order valence-corrected chi connectivity index (χ0v) is 41.0. The van der Waals surface area contributed by atoms with Crippen LogP contribution in [0.1, 0.15) is 122 Å². The van der Waals surface area contributed by atoms with E-state index in [1.807, 2.05) is 6.08 Å². The van der Waals surface area contributed by atoms with Crippen molar-refractivity contribution in [1.29, 1.82) is 0 Å². The van der Waals surface area contributed by atoms with Gasteiger partial charge in [0.05, 0.1) is 22.1 Å². The molecule has 3 nitrogen and oxygen atoms in total. The highest BCUT2D eigenvalue weighted by Gasteiger charge is 2.36. The summed E-state index contributed by atoms with van der Waals surface area (Å²) in [7, 11) is 0. The first kappa shape index (κ1) is 42.1. The van der Waals surface area contributed by atoms with Crippen molar-refractivity contribution in [2.24, 2.45) is 0 Å². The Morgan fingerprint density at radius 2 is 0.985 bits per heavy atom. The van der Waals surface area contributed by atoms with E-state index in [9.17, 15) is 0 Å². The zero-order chi connectivity index (χ0) is 46.4. The van der Waals surface area contributed by atoms with Crippen molar-refractivity contribution >= 4 is 55.0 Å². The Kier molecular flexibility index (Phi) is 9.06. The Labute approximate surface area is 391 Å². The van der Waals surface area contributed by atoms with Gasteiger partial charge in [0.25, 0.3) is 0 Å². The van der Waals surface area contributed by atoms with Crippen LogP contribution in [0, 0.1) is 0 Å². The van der Waals surface area contributed by atoms with Crippen molar-refractivity contribution in [3.8, 4) is 22.5 Å². The fraction of sp³-hybridized carbons (Fsp3) is 0.270. The molecular weight excluding hydrogens is 799 g/mol. The van der Waals surface area contributed by atoms with E-state index in [1.54, 1.807) is 0 Å². The summed E-state index contributed by atoms with van der Waals surface area (Å²) in [6.07, 6.45) is 4.15. The maximum Gasteiger partial charge on any atom is 0.0561 e. The van der Waals surface area contributed by atoms with Crippen molar-refractivity contribution in [2.45, 2.75) is 111 Å². The van der Waals surface area contributed by atoms with Crippen molar-refractivity contribution in [2.75, 3.05) is 4.90 Å². The summed E-state index contributed by atoms with van der Waals surface area (Å²) in [4.78, 5) is 2.47. The number of rotatable bonds is 4. The average Bonchev–Trinajstić information content (AvgIpc) is 3.94. The molecule has 2 aliphatic rings. The summed E-state index contributed by atoms with van der Waals surface area (Å²) in [5.74, 6) is 0.218. The molecule has 0 saturated heterocycles. The maximum absolute atomic E-state index is 4.18. The van der Waals surface area contributed by atoms with Gasteiger partial charge < -0.3 is 14.0 Å². The van der Waals surface area contributed by atoms with Crippen LogP contribution in [-0.4, -0.2) is 9.13 Å². The molecule has 7 aromatic carbocycles. The SMILES string of the molecule is C=C/C=C1\C(C)c2cc(C(C)(C)C)ccc2N1c1ccc2c3ccc(-n4c5ccc(C(C)(C)C)cc5c5cc(C(C)(C)C)ccc54)cc3n(-c3ccc4c(c3)C(C)(C)c3ccccc3-4)c2c1. The van der Waals surface area contributed by atoms with E-state index in [0.717, 1.165) is 11.4 Å². The van der Waals surface area contributed by atoms with Crippen molar-refractivity contribution in [3.63, 3.8) is 0 Å².